The minimum absolute atomic E-state index is 0.0263. The fourth-order valence-electron chi connectivity index (χ4n) is 2.59. The van der Waals surface area contributed by atoms with E-state index in [1.54, 1.807) is 14.2 Å². The van der Waals surface area contributed by atoms with Gasteiger partial charge < -0.3 is 19.5 Å². The van der Waals surface area contributed by atoms with Gasteiger partial charge in [0.15, 0.2) is 18.1 Å². The SMILES string of the molecule is COc1ccc(C(C)NC(=O)COc2ccc(C)cc2C)cc1OC. The Morgan fingerprint density at radius 1 is 1.00 bits per heavy atom. The topological polar surface area (TPSA) is 56.8 Å². The molecule has 0 aliphatic heterocycles. The summed E-state index contributed by atoms with van der Waals surface area (Å²) in [5.41, 5.74) is 3.11. The Bertz CT molecular complexity index is 742. The van der Waals surface area contributed by atoms with Crippen molar-refractivity contribution >= 4 is 5.91 Å². The first-order chi connectivity index (χ1) is 11.9. The molecule has 1 N–H and O–H groups in total. The van der Waals surface area contributed by atoms with Gasteiger partial charge in [0.05, 0.1) is 20.3 Å². The van der Waals surface area contributed by atoms with Gasteiger partial charge in [0, 0.05) is 0 Å². The molecular weight excluding hydrogens is 318 g/mol. The van der Waals surface area contributed by atoms with E-state index in [9.17, 15) is 4.79 Å². The number of hydrogen-bond donors (Lipinski definition) is 1. The summed E-state index contributed by atoms with van der Waals surface area (Å²) in [6.45, 7) is 5.87. The maximum atomic E-state index is 12.2. The van der Waals surface area contributed by atoms with Crippen molar-refractivity contribution in [3.8, 4) is 17.2 Å². The van der Waals surface area contributed by atoms with Crippen LogP contribution < -0.4 is 19.5 Å². The molecule has 0 spiro atoms. The Morgan fingerprint density at radius 2 is 1.68 bits per heavy atom. The van der Waals surface area contributed by atoms with Crippen molar-refractivity contribution in [1.82, 2.24) is 5.32 Å². The molecule has 0 saturated heterocycles. The molecule has 0 aliphatic carbocycles. The molecule has 25 heavy (non-hydrogen) atoms. The van der Waals surface area contributed by atoms with Crippen molar-refractivity contribution in [3.05, 3.63) is 53.1 Å². The molecule has 5 nitrogen and oxygen atoms in total. The molecule has 2 rings (SSSR count). The van der Waals surface area contributed by atoms with Crippen LogP contribution in [0.15, 0.2) is 36.4 Å². The van der Waals surface area contributed by atoms with Gasteiger partial charge in [0.1, 0.15) is 5.75 Å². The molecule has 1 unspecified atom stereocenters. The molecule has 0 bridgehead atoms. The minimum Gasteiger partial charge on any atom is -0.493 e. The first-order valence-electron chi connectivity index (χ1n) is 8.16. The lowest BCUT2D eigenvalue weighted by atomic mass is 10.1. The summed E-state index contributed by atoms with van der Waals surface area (Å²) < 4.78 is 16.1. The molecule has 0 fully saturated rings. The zero-order valence-corrected chi connectivity index (χ0v) is 15.4. The Labute approximate surface area is 148 Å². The largest absolute Gasteiger partial charge is 0.493 e. The Hall–Kier alpha value is -2.69. The Balaban J connectivity index is 1.95. The van der Waals surface area contributed by atoms with Crippen molar-refractivity contribution in [2.75, 3.05) is 20.8 Å². The smallest absolute Gasteiger partial charge is 0.258 e. The maximum absolute atomic E-state index is 12.2. The molecule has 1 atom stereocenters. The van der Waals surface area contributed by atoms with Gasteiger partial charge in [0.25, 0.3) is 5.91 Å². The number of methoxy groups -OCH3 is 2. The number of hydrogen-bond acceptors (Lipinski definition) is 4. The van der Waals surface area contributed by atoms with Gasteiger partial charge >= 0.3 is 0 Å². The third kappa shape index (κ3) is 4.89. The van der Waals surface area contributed by atoms with E-state index in [1.807, 2.05) is 57.2 Å². The molecule has 0 aromatic heterocycles. The van der Waals surface area contributed by atoms with Gasteiger partial charge in [-0.2, -0.15) is 0 Å². The first kappa shape index (κ1) is 18.6. The quantitative estimate of drug-likeness (QED) is 0.835. The van der Waals surface area contributed by atoms with Gasteiger partial charge in [-0.15, -0.1) is 0 Å². The number of amides is 1. The molecule has 134 valence electrons. The molecule has 2 aromatic rings. The summed E-state index contributed by atoms with van der Waals surface area (Å²) in [7, 11) is 3.18. The molecule has 1 amide bonds. The molecule has 5 heteroatoms. The second-order valence-electron chi connectivity index (χ2n) is 5.96. The molecular formula is C20H25NO4. The third-order valence-corrected chi connectivity index (χ3v) is 3.97. The number of nitrogens with one attached hydrogen (secondary N) is 1. The van der Waals surface area contributed by atoms with Crippen LogP contribution in [0.25, 0.3) is 0 Å². The van der Waals surface area contributed by atoms with Crippen molar-refractivity contribution in [1.29, 1.82) is 0 Å². The number of carbonyl (C=O) groups is 1. The second kappa shape index (κ2) is 8.42. The van der Waals surface area contributed by atoms with E-state index in [4.69, 9.17) is 14.2 Å². The number of ether oxygens (including phenoxy) is 3. The number of carbonyl (C=O) groups excluding carboxylic acids is 1. The summed E-state index contributed by atoms with van der Waals surface area (Å²) in [4.78, 5) is 12.2. The first-order valence-corrected chi connectivity index (χ1v) is 8.16. The van der Waals surface area contributed by atoms with Gasteiger partial charge in [-0.25, -0.2) is 0 Å². The van der Waals surface area contributed by atoms with E-state index >= 15 is 0 Å². The lowest BCUT2D eigenvalue weighted by molar-refractivity contribution is -0.123. The number of aryl methyl sites for hydroxylation is 2. The van der Waals surface area contributed by atoms with Crippen molar-refractivity contribution in [2.24, 2.45) is 0 Å². The normalized spacial score (nSPS) is 11.6. The highest BCUT2D eigenvalue weighted by Gasteiger charge is 2.13. The van der Waals surface area contributed by atoms with E-state index in [0.29, 0.717) is 11.5 Å². The fourth-order valence-corrected chi connectivity index (χ4v) is 2.59. The van der Waals surface area contributed by atoms with Crippen LogP contribution in [0.3, 0.4) is 0 Å². The highest BCUT2D eigenvalue weighted by molar-refractivity contribution is 5.78. The highest BCUT2D eigenvalue weighted by Crippen LogP contribution is 2.29. The van der Waals surface area contributed by atoms with Gasteiger partial charge in [-0.05, 0) is 50.1 Å². The van der Waals surface area contributed by atoms with Crippen LogP contribution in [-0.4, -0.2) is 26.7 Å². The van der Waals surface area contributed by atoms with Crippen LogP contribution in [0.4, 0.5) is 0 Å². The summed E-state index contributed by atoms with van der Waals surface area (Å²) in [5.74, 6) is 1.83. The molecule has 0 radical (unpaired) electrons. The van der Waals surface area contributed by atoms with Crippen molar-refractivity contribution in [2.45, 2.75) is 26.8 Å². The van der Waals surface area contributed by atoms with Gasteiger partial charge in [0.2, 0.25) is 0 Å². The third-order valence-electron chi connectivity index (χ3n) is 3.97. The molecule has 2 aromatic carbocycles. The number of benzene rings is 2. The van der Waals surface area contributed by atoms with E-state index in [0.717, 1.165) is 22.4 Å². The zero-order valence-electron chi connectivity index (χ0n) is 15.4. The van der Waals surface area contributed by atoms with Crippen molar-refractivity contribution < 1.29 is 19.0 Å². The van der Waals surface area contributed by atoms with Crippen LogP contribution in [0.1, 0.15) is 29.7 Å². The number of rotatable bonds is 7. The fraction of sp³-hybridized carbons (Fsp3) is 0.350. The maximum Gasteiger partial charge on any atom is 0.258 e. The van der Waals surface area contributed by atoms with Crippen LogP contribution in [-0.2, 0) is 4.79 Å². The van der Waals surface area contributed by atoms with Crippen LogP contribution >= 0.6 is 0 Å². The van der Waals surface area contributed by atoms with Gasteiger partial charge in [-0.3, -0.25) is 4.79 Å². The summed E-state index contributed by atoms with van der Waals surface area (Å²) in [5, 5.41) is 2.93. The Kier molecular flexibility index (Phi) is 6.28. The molecule has 0 heterocycles. The van der Waals surface area contributed by atoms with E-state index in [-0.39, 0.29) is 18.6 Å². The molecule has 0 saturated carbocycles. The predicted molar refractivity (Wildman–Crippen MR) is 97.5 cm³/mol. The Morgan fingerprint density at radius 3 is 2.32 bits per heavy atom. The summed E-state index contributed by atoms with van der Waals surface area (Å²) >= 11 is 0. The molecule has 0 aliphatic rings. The van der Waals surface area contributed by atoms with Crippen LogP contribution in [0, 0.1) is 13.8 Å². The minimum atomic E-state index is -0.178. The summed E-state index contributed by atoms with van der Waals surface area (Å²) in [6.07, 6.45) is 0. The van der Waals surface area contributed by atoms with E-state index in [1.165, 1.54) is 0 Å². The van der Waals surface area contributed by atoms with Crippen molar-refractivity contribution in [3.63, 3.8) is 0 Å². The summed E-state index contributed by atoms with van der Waals surface area (Å²) in [6, 6.07) is 11.3. The highest BCUT2D eigenvalue weighted by atomic mass is 16.5. The standard InChI is InChI=1S/C20H25NO4/c1-13-6-8-17(14(2)10-13)25-12-20(22)21-15(3)16-7-9-18(23-4)19(11-16)24-5/h6-11,15H,12H2,1-5H3,(H,21,22). The monoisotopic (exact) mass is 343 g/mol. The van der Waals surface area contributed by atoms with Gasteiger partial charge in [-0.1, -0.05) is 23.8 Å². The van der Waals surface area contributed by atoms with E-state index < -0.39 is 0 Å². The van der Waals surface area contributed by atoms with E-state index in [2.05, 4.69) is 5.32 Å². The lowest BCUT2D eigenvalue weighted by Gasteiger charge is -2.17. The zero-order chi connectivity index (χ0) is 18.4. The van der Waals surface area contributed by atoms with Crippen LogP contribution in [0.2, 0.25) is 0 Å². The predicted octanol–water partition coefficient (Wildman–Crippen LogP) is 3.58. The average Bonchev–Trinajstić information content (AvgIpc) is 2.60. The second-order valence-corrected chi connectivity index (χ2v) is 5.96. The average molecular weight is 343 g/mol. The lowest BCUT2D eigenvalue weighted by Crippen LogP contribution is -2.31. The van der Waals surface area contributed by atoms with Crippen LogP contribution in [0.5, 0.6) is 17.2 Å².